The highest BCUT2D eigenvalue weighted by molar-refractivity contribution is 6.30. The van der Waals surface area contributed by atoms with Crippen molar-refractivity contribution < 1.29 is 4.79 Å². The van der Waals surface area contributed by atoms with Crippen LogP contribution in [0.1, 0.15) is 18.1 Å². The highest BCUT2D eigenvalue weighted by Gasteiger charge is 2.03. The maximum absolute atomic E-state index is 11.8. The normalized spacial score (nSPS) is 11.1. The van der Waals surface area contributed by atoms with Gasteiger partial charge in [-0.05, 0) is 43.2 Å². The summed E-state index contributed by atoms with van der Waals surface area (Å²) >= 11 is 5.84. The van der Waals surface area contributed by atoms with Crippen LogP contribution in [0.3, 0.4) is 0 Å². The molecule has 2 N–H and O–H groups in total. The minimum Gasteiger partial charge on any atom is -0.376 e. The Bertz CT molecular complexity index is 681. The summed E-state index contributed by atoms with van der Waals surface area (Å²) in [5, 5.41) is 7.85. The van der Waals surface area contributed by atoms with Gasteiger partial charge in [0.1, 0.15) is 0 Å². The summed E-state index contributed by atoms with van der Waals surface area (Å²) in [5.74, 6) is -0.198. The molecule has 0 heterocycles. The van der Waals surface area contributed by atoms with Crippen molar-refractivity contribution in [3.8, 4) is 0 Å². The average Bonchev–Trinajstić information content (AvgIpc) is 2.52. The largest absolute Gasteiger partial charge is 0.376 e. The van der Waals surface area contributed by atoms with E-state index >= 15 is 0 Å². The van der Waals surface area contributed by atoms with E-state index in [1.54, 1.807) is 12.1 Å². The molecule has 0 unspecified atom stereocenters. The number of amides is 1. The fourth-order valence-electron chi connectivity index (χ4n) is 1.89. The molecule has 0 aromatic heterocycles. The first kappa shape index (κ1) is 16.0. The van der Waals surface area contributed by atoms with Crippen LogP contribution in [0.25, 0.3) is 0 Å². The Balaban J connectivity index is 1.88. The van der Waals surface area contributed by atoms with Crippen LogP contribution >= 0.6 is 11.6 Å². The molecule has 0 spiro atoms. The standard InChI is InChI=1S/C17H18ClN3O/c1-12-5-3-4-6-16(12)19-11-17(22)21-20-13(2)14-7-9-15(18)10-8-14/h3-10,19H,11H2,1-2H3,(H,21,22). The van der Waals surface area contributed by atoms with E-state index in [0.717, 1.165) is 22.5 Å². The monoisotopic (exact) mass is 315 g/mol. The minimum absolute atomic E-state index is 0.169. The Morgan fingerprint density at radius 3 is 2.50 bits per heavy atom. The molecule has 5 heteroatoms. The number of nitrogens with one attached hydrogen (secondary N) is 2. The zero-order valence-electron chi connectivity index (χ0n) is 12.6. The third-order valence-corrected chi connectivity index (χ3v) is 3.45. The van der Waals surface area contributed by atoms with E-state index in [2.05, 4.69) is 15.8 Å². The molecule has 2 aromatic carbocycles. The molecule has 0 bridgehead atoms. The maximum atomic E-state index is 11.8. The van der Waals surface area contributed by atoms with Gasteiger partial charge < -0.3 is 5.32 Å². The fraction of sp³-hybridized carbons (Fsp3) is 0.176. The second-order valence-electron chi connectivity index (χ2n) is 4.91. The van der Waals surface area contributed by atoms with Crippen LogP contribution in [0.15, 0.2) is 53.6 Å². The first-order valence-electron chi connectivity index (χ1n) is 6.95. The van der Waals surface area contributed by atoms with Crippen molar-refractivity contribution in [1.82, 2.24) is 5.43 Å². The number of nitrogens with zero attached hydrogens (tertiary/aromatic N) is 1. The van der Waals surface area contributed by atoms with Crippen LogP contribution < -0.4 is 10.7 Å². The maximum Gasteiger partial charge on any atom is 0.259 e. The number of rotatable bonds is 5. The zero-order valence-corrected chi connectivity index (χ0v) is 13.3. The number of halogens is 1. The zero-order chi connectivity index (χ0) is 15.9. The van der Waals surface area contributed by atoms with Gasteiger partial charge in [-0.3, -0.25) is 4.79 Å². The molecule has 1 amide bonds. The molecule has 0 saturated heterocycles. The van der Waals surface area contributed by atoms with Crippen LogP contribution in [-0.4, -0.2) is 18.2 Å². The number of anilines is 1. The molecular weight excluding hydrogens is 298 g/mol. The van der Waals surface area contributed by atoms with Crippen LogP contribution in [0.4, 0.5) is 5.69 Å². The predicted molar refractivity (Wildman–Crippen MR) is 91.5 cm³/mol. The van der Waals surface area contributed by atoms with Gasteiger partial charge in [-0.15, -0.1) is 0 Å². The van der Waals surface area contributed by atoms with Gasteiger partial charge in [0.25, 0.3) is 5.91 Å². The van der Waals surface area contributed by atoms with E-state index in [4.69, 9.17) is 11.6 Å². The fourth-order valence-corrected chi connectivity index (χ4v) is 2.01. The predicted octanol–water partition coefficient (Wildman–Crippen LogP) is 3.60. The van der Waals surface area contributed by atoms with Crippen molar-refractivity contribution in [2.75, 3.05) is 11.9 Å². The summed E-state index contributed by atoms with van der Waals surface area (Å²) in [7, 11) is 0. The summed E-state index contributed by atoms with van der Waals surface area (Å²) in [6, 6.07) is 15.1. The van der Waals surface area contributed by atoms with Crippen molar-refractivity contribution >= 4 is 28.9 Å². The number of benzene rings is 2. The van der Waals surface area contributed by atoms with Crippen molar-refractivity contribution in [2.45, 2.75) is 13.8 Å². The molecule has 0 aliphatic heterocycles. The Morgan fingerprint density at radius 1 is 1.14 bits per heavy atom. The summed E-state index contributed by atoms with van der Waals surface area (Å²) in [5.41, 5.74) is 6.21. The SMILES string of the molecule is CC(=NNC(=O)CNc1ccccc1C)c1ccc(Cl)cc1. The van der Waals surface area contributed by atoms with Crippen molar-refractivity contribution in [3.63, 3.8) is 0 Å². The Kier molecular flexibility index (Phi) is 5.55. The number of carbonyl (C=O) groups is 1. The molecular formula is C17H18ClN3O. The van der Waals surface area contributed by atoms with E-state index in [1.807, 2.05) is 50.2 Å². The lowest BCUT2D eigenvalue weighted by Crippen LogP contribution is -2.27. The number of hydrogen-bond donors (Lipinski definition) is 2. The van der Waals surface area contributed by atoms with Crippen LogP contribution in [-0.2, 0) is 4.79 Å². The van der Waals surface area contributed by atoms with Gasteiger partial charge >= 0.3 is 0 Å². The van der Waals surface area contributed by atoms with Crippen LogP contribution in [0.5, 0.6) is 0 Å². The Hall–Kier alpha value is -2.33. The number of aryl methyl sites for hydroxylation is 1. The Morgan fingerprint density at radius 2 is 1.82 bits per heavy atom. The third kappa shape index (κ3) is 4.60. The van der Waals surface area contributed by atoms with Crippen molar-refractivity contribution in [3.05, 3.63) is 64.7 Å². The van der Waals surface area contributed by atoms with Crippen LogP contribution in [0, 0.1) is 6.92 Å². The topological polar surface area (TPSA) is 53.5 Å². The smallest absolute Gasteiger partial charge is 0.259 e. The molecule has 0 aliphatic rings. The second kappa shape index (κ2) is 7.61. The quantitative estimate of drug-likeness (QED) is 0.654. The Labute approximate surface area is 135 Å². The first-order valence-corrected chi connectivity index (χ1v) is 7.32. The van der Waals surface area contributed by atoms with Gasteiger partial charge in [0.15, 0.2) is 0 Å². The minimum atomic E-state index is -0.198. The van der Waals surface area contributed by atoms with E-state index in [1.165, 1.54) is 0 Å². The summed E-state index contributed by atoms with van der Waals surface area (Å²) in [6.07, 6.45) is 0. The van der Waals surface area contributed by atoms with E-state index < -0.39 is 0 Å². The van der Waals surface area contributed by atoms with Gasteiger partial charge in [-0.2, -0.15) is 5.10 Å². The summed E-state index contributed by atoms with van der Waals surface area (Å²) in [4.78, 5) is 11.8. The molecule has 0 fully saturated rings. The molecule has 22 heavy (non-hydrogen) atoms. The number of carbonyl (C=O) groups excluding carboxylic acids is 1. The molecule has 0 saturated carbocycles. The highest BCUT2D eigenvalue weighted by atomic mass is 35.5. The lowest BCUT2D eigenvalue weighted by Gasteiger charge is -2.08. The van der Waals surface area contributed by atoms with E-state index in [9.17, 15) is 4.79 Å². The molecule has 2 aromatic rings. The van der Waals surface area contributed by atoms with E-state index in [0.29, 0.717) is 5.02 Å². The molecule has 0 atom stereocenters. The summed E-state index contributed by atoms with van der Waals surface area (Å²) < 4.78 is 0. The van der Waals surface area contributed by atoms with Crippen molar-refractivity contribution in [1.29, 1.82) is 0 Å². The molecule has 4 nitrogen and oxygen atoms in total. The number of para-hydroxylation sites is 1. The molecule has 0 aliphatic carbocycles. The van der Waals surface area contributed by atoms with Gasteiger partial charge in [-0.25, -0.2) is 5.43 Å². The van der Waals surface area contributed by atoms with E-state index in [-0.39, 0.29) is 12.5 Å². The van der Waals surface area contributed by atoms with Crippen molar-refractivity contribution in [2.24, 2.45) is 5.10 Å². The van der Waals surface area contributed by atoms with Gasteiger partial charge in [0.05, 0.1) is 12.3 Å². The summed E-state index contributed by atoms with van der Waals surface area (Å²) in [6.45, 7) is 3.99. The molecule has 2 rings (SSSR count). The van der Waals surface area contributed by atoms with Gasteiger partial charge in [-0.1, -0.05) is 41.9 Å². The molecule has 0 radical (unpaired) electrons. The first-order chi connectivity index (χ1) is 10.6. The lowest BCUT2D eigenvalue weighted by molar-refractivity contribution is -0.119. The average molecular weight is 316 g/mol. The van der Waals surface area contributed by atoms with Crippen LogP contribution in [0.2, 0.25) is 5.02 Å². The second-order valence-corrected chi connectivity index (χ2v) is 5.34. The molecule has 114 valence electrons. The number of hydrogen-bond acceptors (Lipinski definition) is 3. The third-order valence-electron chi connectivity index (χ3n) is 3.19. The lowest BCUT2D eigenvalue weighted by atomic mass is 10.1. The van der Waals surface area contributed by atoms with Gasteiger partial charge in [0.2, 0.25) is 0 Å². The number of hydrazone groups is 1. The van der Waals surface area contributed by atoms with Gasteiger partial charge in [0, 0.05) is 10.7 Å². The highest BCUT2D eigenvalue weighted by Crippen LogP contribution is 2.12.